The van der Waals surface area contributed by atoms with Gasteiger partial charge in [-0.05, 0) is 37.6 Å². The number of hydrogen-bond acceptors (Lipinski definition) is 4. The number of nitrogens with zero attached hydrogens (tertiary/aromatic N) is 5. The quantitative estimate of drug-likeness (QED) is 0.583. The van der Waals surface area contributed by atoms with Crippen molar-refractivity contribution in [3.05, 3.63) is 56.8 Å². The molecule has 0 spiro atoms. The molecule has 4 rings (SSSR count). The van der Waals surface area contributed by atoms with E-state index in [2.05, 4.69) is 26.0 Å². The molecule has 2 aromatic heterocycles. The number of benzene rings is 1. The Morgan fingerprint density at radius 3 is 2.43 bits per heavy atom. The number of halogens is 2. The SMILES string of the molecule is Cc1nn(C)c2ncc(C(=O)N3CCCN3C(=O)c3ccc(Br)cc3)c(Cl)c12. The minimum atomic E-state index is -0.342. The van der Waals surface area contributed by atoms with E-state index in [1.54, 1.807) is 36.0 Å². The highest BCUT2D eigenvalue weighted by molar-refractivity contribution is 9.10. The van der Waals surface area contributed by atoms with Gasteiger partial charge in [-0.15, -0.1) is 0 Å². The van der Waals surface area contributed by atoms with Gasteiger partial charge < -0.3 is 0 Å². The average molecular weight is 463 g/mol. The Bertz CT molecular complexity index is 1100. The molecule has 0 atom stereocenters. The van der Waals surface area contributed by atoms with E-state index < -0.39 is 0 Å². The highest BCUT2D eigenvalue weighted by Gasteiger charge is 2.33. The highest BCUT2D eigenvalue weighted by Crippen LogP contribution is 2.30. The zero-order chi connectivity index (χ0) is 20.0. The van der Waals surface area contributed by atoms with Crippen LogP contribution in [0.4, 0.5) is 0 Å². The Morgan fingerprint density at radius 2 is 1.75 bits per heavy atom. The van der Waals surface area contributed by atoms with Gasteiger partial charge in [-0.2, -0.15) is 5.10 Å². The first-order chi connectivity index (χ1) is 13.4. The summed E-state index contributed by atoms with van der Waals surface area (Å²) < 4.78 is 2.51. The number of rotatable bonds is 2. The fourth-order valence-corrected chi connectivity index (χ4v) is 4.05. The van der Waals surface area contributed by atoms with E-state index >= 15 is 0 Å². The zero-order valence-corrected chi connectivity index (χ0v) is 17.7. The lowest BCUT2D eigenvalue weighted by Crippen LogP contribution is -2.45. The van der Waals surface area contributed by atoms with E-state index in [4.69, 9.17) is 11.6 Å². The van der Waals surface area contributed by atoms with Crippen LogP contribution in [-0.2, 0) is 7.05 Å². The van der Waals surface area contributed by atoms with Crippen LogP contribution >= 0.6 is 27.5 Å². The second-order valence-electron chi connectivity index (χ2n) is 6.61. The van der Waals surface area contributed by atoms with Crippen molar-refractivity contribution in [2.75, 3.05) is 13.1 Å². The van der Waals surface area contributed by atoms with E-state index in [1.165, 1.54) is 16.2 Å². The number of carbonyl (C=O) groups is 2. The largest absolute Gasteiger partial charge is 0.275 e. The molecular formula is C19H17BrClN5O2. The molecule has 28 heavy (non-hydrogen) atoms. The summed E-state index contributed by atoms with van der Waals surface area (Å²) in [7, 11) is 1.78. The second kappa shape index (κ2) is 7.18. The summed E-state index contributed by atoms with van der Waals surface area (Å²) in [6, 6.07) is 7.06. The molecular weight excluding hydrogens is 446 g/mol. The van der Waals surface area contributed by atoms with Crippen LogP contribution in [0.2, 0.25) is 5.02 Å². The smallest absolute Gasteiger partial charge is 0.267 e. The molecule has 7 nitrogen and oxygen atoms in total. The number of aromatic nitrogens is 3. The predicted molar refractivity (Wildman–Crippen MR) is 109 cm³/mol. The van der Waals surface area contributed by atoms with Crippen molar-refractivity contribution in [1.29, 1.82) is 0 Å². The molecule has 1 aliphatic rings. The predicted octanol–water partition coefficient (Wildman–Crippen LogP) is 3.60. The fourth-order valence-electron chi connectivity index (χ4n) is 3.43. The first-order valence-corrected chi connectivity index (χ1v) is 9.92. The van der Waals surface area contributed by atoms with Crippen molar-refractivity contribution in [2.24, 2.45) is 7.05 Å². The van der Waals surface area contributed by atoms with Crippen molar-refractivity contribution in [3.8, 4) is 0 Å². The molecule has 0 saturated carbocycles. The van der Waals surface area contributed by atoms with Gasteiger partial charge in [0.2, 0.25) is 0 Å². The van der Waals surface area contributed by atoms with Crippen LogP contribution in [0.3, 0.4) is 0 Å². The lowest BCUT2D eigenvalue weighted by atomic mass is 10.2. The Kier molecular flexibility index (Phi) is 4.84. The molecule has 1 aromatic carbocycles. The highest BCUT2D eigenvalue weighted by atomic mass is 79.9. The summed E-state index contributed by atoms with van der Waals surface area (Å²) in [6.45, 7) is 2.74. The third kappa shape index (κ3) is 3.06. The van der Waals surface area contributed by atoms with Crippen LogP contribution in [0.25, 0.3) is 11.0 Å². The standard InChI is InChI=1S/C19H17BrClN5O2/c1-11-15-16(21)14(10-22-17(15)24(2)23-11)19(28)26-9-3-8-25(26)18(27)12-4-6-13(20)7-5-12/h4-7,10H,3,8-9H2,1-2H3. The lowest BCUT2D eigenvalue weighted by molar-refractivity contribution is 0.0186. The number of carbonyl (C=O) groups excluding carboxylic acids is 2. The number of aryl methyl sites for hydroxylation is 2. The van der Waals surface area contributed by atoms with Crippen LogP contribution in [0.15, 0.2) is 34.9 Å². The second-order valence-corrected chi connectivity index (χ2v) is 7.90. The maximum atomic E-state index is 13.2. The Balaban J connectivity index is 1.68. The Labute approximate surface area is 175 Å². The summed E-state index contributed by atoms with van der Waals surface area (Å²) in [5.74, 6) is -0.563. The maximum absolute atomic E-state index is 13.2. The van der Waals surface area contributed by atoms with Gasteiger partial charge in [0.05, 0.1) is 21.7 Å². The van der Waals surface area contributed by atoms with Gasteiger partial charge in [-0.1, -0.05) is 27.5 Å². The first kappa shape index (κ1) is 18.9. The van der Waals surface area contributed by atoms with Crippen molar-refractivity contribution < 1.29 is 9.59 Å². The van der Waals surface area contributed by atoms with Gasteiger partial charge in [0, 0.05) is 36.4 Å². The minimum Gasteiger partial charge on any atom is -0.267 e. The van der Waals surface area contributed by atoms with Crippen LogP contribution in [0.5, 0.6) is 0 Å². The van der Waals surface area contributed by atoms with Crippen LogP contribution < -0.4 is 0 Å². The van der Waals surface area contributed by atoms with Crippen molar-refractivity contribution >= 4 is 50.4 Å². The Hall–Kier alpha value is -2.45. The molecule has 3 heterocycles. The third-order valence-corrected chi connectivity index (χ3v) is 5.71. The van der Waals surface area contributed by atoms with Crippen LogP contribution in [-0.4, -0.2) is 49.7 Å². The summed E-state index contributed by atoms with van der Waals surface area (Å²) in [4.78, 5) is 30.5. The molecule has 3 aromatic rings. The molecule has 1 saturated heterocycles. The minimum absolute atomic E-state index is 0.221. The third-order valence-electron chi connectivity index (χ3n) is 4.79. The first-order valence-electron chi connectivity index (χ1n) is 8.75. The van der Waals surface area contributed by atoms with Gasteiger partial charge in [-0.25, -0.2) is 15.0 Å². The van der Waals surface area contributed by atoms with Crippen molar-refractivity contribution in [3.63, 3.8) is 0 Å². The average Bonchev–Trinajstić information content (AvgIpc) is 3.27. The van der Waals surface area contributed by atoms with E-state index in [-0.39, 0.29) is 17.4 Å². The maximum Gasteiger partial charge on any atom is 0.275 e. The molecule has 0 unspecified atom stereocenters. The molecule has 0 N–H and O–H groups in total. The van der Waals surface area contributed by atoms with Gasteiger partial charge in [-0.3, -0.25) is 14.3 Å². The van der Waals surface area contributed by atoms with E-state index in [9.17, 15) is 9.59 Å². The van der Waals surface area contributed by atoms with Gasteiger partial charge in [0.1, 0.15) is 0 Å². The molecule has 9 heteroatoms. The van der Waals surface area contributed by atoms with Crippen LogP contribution in [0.1, 0.15) is 32.8 Å². The lowest BCUT2D eigenvalue weighted by Gasteiger charge is -2.28. The normalized spacial score (nSPS) is 14.1. The summed E-state index contributed by atoms with van der Waals surface area (Å²) in [5, 5.41) is 8.20. The summed E-state index contributed by atoms with van der Waals surface area (Å²) in [5.41, 5.74) is 2.10. The van der Waals surface area contributed by atoms with Crippen molar-refractivity contribution in [1.82, 2.24) is 24.8 Å². The molecule has 1 aliphatic heterocycles. The van der Waals surface area contributed by atoms with E-state index in [0.717, 1.165) is 4.47 Å². The molecule has 0 aliphatic carbocycles. The molecule has 144 valence electrons. The number of hydrogen-bond donors (Lipinski definition) is 0. The van der Waals surface area contributed by atoms with Crippen LogP contribution in [0, 0.1) is 6.92 Å². The number of amides is 2. The zero-order valence-electron chi connectivity index (χ0n) is 15.3. The van der Waals surface area contributed by atoms with Gasteiger partial charge in [0.15, 0.2) is 5.65 Å². The number of fused-ring (bicyclic) bond motifs is 1. The van der Waals surface area contributed by atoms with Gasteiger partial charge >= 0.3 is 0 Å². The summed E-state index contributed by atoms with van der Waals surface area (Å²) >= 11 is 9.91. The van der Waals surface area contributed by atoms with Gasteiger partial charge in [0.25, 0.3) is 11.8 Å². The number of pyridine rings is 1. The van der Waals surface area contributed by atoms with Crippen molar-refractivity contribution in [2.45, 2.75) is 13.3 Å². The summed E-state index contributed by atoms with van der Waals surface area (Å²) in [6.07, 6.45) is 2.15. The topological polar surface area (TPSA) is 71.3 Å². The molecule has 1 fully saturated rings. The fraction of sp³-hybridized carbons (Fsp3) is 0.263. The number of hydrazine groups is 1. The van der Waals surface area contributed by atoms with E-state index in [1.807, 2.05) is 6.92 Å². The van der Waals surface area contributed by atoms with E-state index in [0.29, 0.717) is 46.8 Å². The monoisotopic (exact) mass is 461 g/mol. The molecule has 0 radical (unpaired) electrons. The molecule has 2 amide bonds. The molecule has 0 bridgehead atoms. The Morgan fingerprint density at radius 1 is 1.11 bits per heavy atom.